The van der Waals surface area contributed by atoms with Crippen LogP contribution in [0, 0.1) is 46.0 Å². The number of carboxylic acid groups (broad SMARTS) is 1. The van der Waals surface area contributed by atoms with Gasteiger partial charge in [0.25, 0.3) is 0 Å². The lowest BCUT2D eigenvalue weighted by Gasteiger charge is -2.20. The molecule has 0 spiro atoms. The Kier molecular flexibility index (Phi) is 44.4. The van der Waals surface area contributed by atoms with Gasteiger partial charge in [0.05, 0.1) is 34.9 Å². The van der Waals surface area contributed by atoms with Crippen molar-refractivity contribution in [2.24, 2.45) is 11.5 Å². The molecule has 2 aliphatic heterocycles. The Morgan fingerprint density at radius 1 is 0.593 bits per heavy atom. The standard InChI is InChI=1S/C19H30N6S.C19H25N3OS.C18H23N3OS.C17H22N4O2S.C17H21NOS.C15H19FO2S.C11H15NO2/c1-13-23-16-10-15(26-19(2,3)4)11-22-17(16)18(21)25(13)8-5-7-24-9-6-14(20)12-24;1-19(2,3)24-15-7-8-17-16(11-15)18(23)14(12-20)13-22(17)10-6-9-21(4)5;1-18(2,3)23-14-6-7-16-15(10-14)17(22)13(11-19)12-21(16)9-8-20(4)5;1-17(2,3)24-11-4-5-12-13(8-11)19-14(16(22)23)20-15(12)21-7-6-10(18)9-21;1-17(2,3)20-14-9-8-13-10-12-6-4-5-7-15(12)18(19)16(13)11-14;1-5-18-14(17)9-7-11-6-8-12(10-13(11)16)19-15(2,3)4;1-8(13)9-5-10(7-12-6-9)14-11(2,3)4/h10-11,14,21H,5-9,12,20H2,1-4H3;7-8,11,13H,6,9-10H2,1-5H3;6-7,10,12H,8-9H2,1-5H3;4-5,8,10H,6-7,9,18H2,1-3H3,(H,22,23);8-11H,4-7H2,1-3H3;6-10H,5H2,1-4H3;5-7H,1-4H3/b;;;;;9-7+;/t;;;10-;;;/m...1.../s1. The Labute approximate surface area is 911 Å². The number of anilines is 1. The van der Waals surface area contributed by atoms with Crippen molar-refractivity contribution >= 4 is 155 Å². The van der Waals surface area contributed by atoms with E-state index in [9.17, 15) is 49.2 Å². The number of nitrogens with one attached hydrogen (secondary N) is 1. The van der Waals surface area contributed by atoms with Crippen molar-refractivity contribution in [1.29, 1.82) is 15.9 Å². The summed E-state index contributed by atoms with van der Waals surface area (Å²) >= 11 is 10.4. The second-order valence-corrected chi connectivity index (χ2v) is 56.4. The second kappa shape index (κ2) is 54.2. The van der Waals surface area contributed by atoms with Crippen molar-refractivity contribution in [3.05, 3.63) is 228 Å². The van der Waals surface area contributed by atoms with Gasteiger partial charge in [0.1, 0.15) is 57.6 Å². The first-order valence-corrected chi connectivity index (χ1v) is 55.9. The van der Waals surface area contributed by atoms with Gasteiger partial charge >= 0.3 is 11.9 Å². The van der Waals surface area contributed by atoms with Crippen molar-refractivity contribution in [2.45, 2.75) is 313 Å². The topological polar surface area (TPSA) is 367 Å². The second-order valence-electron chi connectivity index (χ2n) is 45.0. The lowest BCUT2D eigenvalue weighted by atomic mass is 9.94. The quantitative estimate of drug-likeness (QED) is 0.0109. The SMILES string of the molecule is CC(=O)c1cncc(OC(C)(C)C)c1.CC(C)(C)Sc1ccc2c(N3CC[C@@H](N)C3)nc(C(=O)O)nc2c1.CC(C)(C)Sc1ccc2cc3c([n+]([O-])c2c1)CCCC3.CCOC(=O)/C=C/c1ccc(SC(C)(C)C)cc1F.CN(C)CCCn1cc(C#N)c(=O)c2cc(SC(C)(C)C)ccc21.CN(C)CCn1cc(C#N)c(=O)c2cc(SC(C)(C)C)ccc21.Cc1nc2cc(SC(C)(C)C)cnc2c(=N)n1CCCN1CCC(N)C1. The molecule has 6 N–H and O–H groups in total. The van der Waals surface area contributed by atoms with Gasteiger partial charge in [-0.15, -0.1) is 70.6 Å². The number of nitriles is 2. The maximum absolute atomic E-state index is 13.8. The molecule has 150 heavy (non-hydrogen) atoms. The third-order valence-corrected chi connectivity index (χ3v) is 29.3. The average molecular weight is 2160 g/mol. The predicted molar refractivity (Wildman–Crippen MR) is 621 cm³/mol. The molecule has 2 saturated heterocycles. The molecule has 2 fully saturated rings. The number of likely N-dealkylation sites (tertiary alicyclic amines) is 1. The maximum Gasteiger partial charge on any atom is 0.374 e. The summed E-state index contributed by atoms with van der Waals surface area (Å²) in [6.07, 6.45) is 19.3. The summed E-state index contributed by atoms with van der Waals surface area (Å²) in [7, 11) is 8.10. The summed E-state index contributed by atoms with van der Waals surface area (Å²) in [6, 6.07) is 39.7. The molecule has 9 heterocycles. The zero-order chi connectivity index (χ0) is 111. The Morgan fingerprint density at radius 3 is 1.62 bits per heavy atom. The first-order chi connectivity index (χ1) is 70.0. The van der Waals surface area contributed by atoms with Crippen LogP contribution in [0.5, 0.6) is 5.75 Å². The highest BCUT2D eigenvalue weighted by molar-refractivity contribution is 8.01. The van der Waals surface area contributed by atoms with Crippen LogP contribution < -0.4 is 42.2 Å². The minimum Gasteiger partial charge on any atom is -0.618 e. The first kappa shape index (κ1) is 123. The van der Waals surface area contributed by atoms with Crippen LogP contribution in [-0.4, -0.2) is 203 Å². The van der Waals surface area contributed by atoms with E-state index in [1.54, 1.807) is 96.5 Å². The van der Waals surface area contributed by atoms with Gasteiger partial charge in [-0.1, -0.05) is 131 Å². The molecule has 12 aromatic rings. The number of nitrogens with two attached hydrogens (primary N) is 2. The van der Waals surface area contributed by atoms with Gasteiger partial charge in [-0.3, -0.25) is 24.8 Å². The van der Waals surface area contributed by atoms with Gasteiger partial charge < -0.3 is 64.6 Å². The van der Waals surface area contributed by atoms with Crippen LogP contribution in [0.15, 0.2) is 185 Å². The Hall–Kier alpha value is -10.7. The fourth-order valence-electron chi connectivity index (χ4n) is 16.5. The molecule has 1 unspecified atom stereocenters. The molecule has 0 bridgehead atoms. The summed E-state index contributed by atoms with van der Waals surface area (Å²) in [4.78, 5) is 95.4. The minimum absolute atomic E-state index is 0.00291. The summed E-state index contributed by atoms with van der Waals surface area (Å²) in [5.74, 6) is 0.0799. The van der Waals surface area contributed by atoms with Crippen LogP contribution in [0.4, 0.5) is 10.2 Å². The molecule has 0 saturated carbocycles. The van der Waals surface area contributed by atoms with E-state index >= 15 is 0 Å². The molecule has 15 rings (SSSR count). The number of hydrogen-bond donors (Lipinski definition) is 4. The number of thioether (sulfide) groups is 6. The molecule has 2 atom stereocenters. The van der Waals surface area contributed by atoms with Gasteiger partial charge in [-0.25, -0.2) is 33.9 Å². The number of ketones is 1. The van der Waals surface area contributed by atoms with E-state index in [1.807, 2.05) is 154 Å². The lowest BCUT2D eigenvalue weighted by Crippen LogP contribution is -2.35. The molecular formula is C116H155FN18O9S6. The van der Waals surface area contributed by atoms with E-state index in [1.165, 1.54) is 52.9 Å². The van der Waals surface area contributed by atoms with Crippen molar-refractivity contribution < 1.29 is 38.1 Å². The smallest absolute Gasteiger partial charge is 0.374 e. The highest BCUT2D eigenvalue weighted by atomic mass is 32.2. The minimum atomic E-state index is -1.12. The number of hydrogen-bond acceptors (Lipinski definition) is 28. The Balaban J connectivity index is 0.000000195. The molecule has 0 radical (unpaired) electrons. The molecule has 27 nitrogen and oxygen atoms in total. The number of aromatic carboxylic acids is 1. The number of rotatable bonds is 24. The van der Waals surface area contributed by atoms with E-state index in [0.29, 0.717) is 69.2 Å². The van der Waals surface area contributed by atoms with E-state index in [2.05, 4.69) is 201 Å². The Morgan fingerprint density at radius 2 is 1.11 bits per heavy atom. The molecule has 3 aliphatic rings. The molecule has 0 amide bonds. The zero-order valence-corrected chi connectivity index (χ0v) is 97.8. The van der Waals surface area contributed by atoms with Crippen molar-refractivity contribution in [1.82, 2.24) is 53.3 Å². The number of benzene rings is 5. The molecule has 34 heteroatoms. The lowest BCUT2D eigenvalue weighted by molar-refractivity contribution is -0.587. The summed E-state index contributed by atoms with van der Waals surface area (Å²) in [6.45, 7) is 58.7. The van der Waals surface area contributed by atoms with Crippen molar-refractivity contribution in [2.75, 3.05) is 85.5 Å². The molecule has 806 valence electrons. The summed E-state index contributed by atoms with van der Waals surface area (Å²) in [5, 5.41) is 52.3. The van der Waals surface area contributed by atoms with Crippen molar-refractivity contribution in [3.63, 3.8) is 0 Å². The number of carbonyl (C=O) groups excluding carboxylic acids is 2. The summed E-state index contributed by atoms with van der Waals surface area (Å²) in [5.41, 5.74) is 20.2. The third-order valence-electron chi connectivity index (χ3n) is 22.7. The van der Waals surface area contributed by atoms with Crippen LogP contribution in [0.1, 0.15) is 253 Å². The van der Waals surface area contributed by atoms with Gasteiger partial charge in [0, 0.05) is 197 Å². The number of aromatic nitrogens is 9. The number of aryl methyl sites for hydroxylation is 3. The summed E-state index contributed by atoms with van der Waals surface area (Å²) < 4.78 is 31.9. The van der Waals surface area contributed by atoms with Gasteiger partial charge in [0.2, 0.25) is 22.2 Å². The highest BCUT2D eigenvalue weighted by Gasteiger charge is 2.29. The van der Waals surface area contributed by atoms with Gasteiger partial charge in [-0.2, -0.15) is 15.3 Å². The normalized spacial score (nSPS) is 14.5. The van der Waals surface area contributed by atoms with E-state index in [4.69, 9.17) is 31.3 Å². The number of likely N-dealkylation sites (N-methyl/N-ethyl adjacent to an activating group) is 1. The Bertz CT molecular complexity index is 7050. The van der Waals surface area contributed by atoms with Crippen LogP contribution in [0.2, 0.25) is 0 Å². The maximum atomic E-state index is 13.8. The van der Waals surface area contributed by atoms with Crippen LogP contribution >= 0.6 is 70.6 Å². The first-order valence-electron chi connectivity index (χ1n) is 51.0. The average Bonchev–Trinajstić information content (AvgIpc) is 1.44. The molecular weight excluding hydrogens is 2000 g/mol. The van der Waals surface area contributed by atoms with Gasteiger partial charge in [0.15, 0.2) is 17.0 Å². The zero-order valence-electron chi connectivity index (χ0n) is 92.9. The van der Waals surface area contributed by atoms with Crippen LogP contribution in [0.25, 0.3) is 60.7 Å². The number of fused-ring (bicyclic) bond motifs is 6. The van der Waals surface area contributed by atoms with E-state index in [0.717, 1.165) is 173 Å². The predicted octanol–water partition coefficient (Wildman–Crippen LogP) is 23.3. The number of Topliss-reactive ketones (excluding diaryl/α,β-unsaturated/α-hetero) is 1. The fraction of sp³-hybridized carbons (Fsp3) is 0.483. The van der Waals surface area contributed by atoms with Crippen molar-refractivity contribution in [3.8, 4) is 17.9 Å². The number of ether oxygens (including phenoxy) is 2. The fourth-order valence-corrected chi connectivity index (χ4v) is 22.6. The molecule has 7 aromatic heterocycles. The number of halogens is 1. The number of esters is 1. The monoisotopic (exact) mass is 2160 g/mol. The molecule has 5 aromatic carbocycles. The van der Waals surface area contributed by atoms with Crippen LogP contribution in [0.3, 0.4) is 0 Å². The van der Waals surface area contributed by atoms with E-state index < -0.39 is 11.9 Å². The van der Waals surface area contributed by atoms with Gasteiger partial charge in [-0.05, 0) is 237 Å². The largest absolute Gasteiger partial charge is 0.618 e. The number of carboxylic acids is 1. The van der Waals surface area contributed by atoms with Crippen LogP contribution in [-0.2, 0) is 42.0 Å². The number of carbonyl (C=O) groups is 3. The molecule has 1 aliphatic carbocycles. The highest BCUT2D eigenvalue weighted by Crippen LogP contribution is 2.41. The third kappa shape index (κ3) is 39.4. The van der Waals surface area contributed by atoms with E-state index in [-0.39, 0.29) is 79.5 Å². The number of nitrogens with zero attached hydrogens (tertiary/aromatic N) is 15. The number of pyridine rings is 5.